The highest BCUT2D eigenvalue weighted by Gasteiger charge is 2.32. The molecule has 1 fully saturated rings. The number of hydrogen-bond donors (Lipinski definition) is 3. The maximum Gasteiger partial charge on any atom is 0.274 e. The molecule has 3 N–H and O–H groups in total. The number of allylic oxidation sites excluding steroid dienone is 2. The highest BCUT2D eigenvalue weighted by atomic mass is 35.5. The molecule has 1 amide bonds. The van der Waals surface area contributed by atoms with Crippen LogP contribution >= 0.6 is 11.6 Å². The largest absolute Gasteiger partial charge is 0.381 e. The van der Waals surface area contributed by atoms with Crippen LogP contribution in [0.2, 0.25) is 0 Å². The van der Waals surface area contributed by atoms with Crippen LogP contribution < -0.4 is 16.1 Å². The number of hydroxylamine groups is 1. The minimum absolute atomic E-state index is 0.0265. The fraction of sp³-hybridized carbons (Fsp3) is 0.214. The van der Waals surface area contributed by atoms with E-state index in [2.05, 4.69) is 21.1 Å². The summed E-state index contributed by atoms with van der Waals surface area (Å²) in [5.74, 6) is -1.20. The molecule has 3 aromatic rings. The molecular weight excluding hydrogens is 508 g/mol. The summed E-state index contributed by atoms with van der Waals surface area (Å²) in [6, 6.07) is 17.6. The second-order valence-corrected chi connectivity index (χ2v) is 9.22. The molecule has 10 heteroatoms. The first kappa shape index (κ1) is 25.6. The van der Waals surface area contributed by atoms with E-state index in [4.69, 9.17) is 21.2 Å². The van der Waals surface area contributed by atoms with E-state index in [0.29, 0.717) is 24.4 Å². The second kappa shape index (κ2) is 11.6. The van der Waals surface area contributed by atoms with Crippen molar-refractivity contribution in [2.24, 2.45) is 0 Å². The summed E-state index contributed by atoms with van der Waals surface area (Å²) in [7, 11) is 0. The Hall–Kier alpha value is -4.05. The highest BCUT2D eigenvalue weighted by Crippen LogP contribution is 2.28. The first-order chi connectivity index (χ1) is 18.5. The van der Waals surface area contributed by atoms with Crippen LogP contribution in [0.15, 0.2) is 77.6 Å². The van der Waals surface area contributed by atoms with Crippen LogP contribution in [0.5, 0.6) is 0 Å². The zero-order valence-corrected chi connectivity index (χ0v) is 21.1. The van der Waals surface area contributed by atoms with Gasteiger partial charge in [0.2, 0.25) is 11.6 Å². The molecule has 1 aromatic heterocycles. The number of ketones is 2. The van der Waals surface area contributed by atoms with Gasteiger partial charge in [-0.1, -0.05) is 23.7 Å². The first-order valence-corrected chi connectivity index (χ1v) is 12.6. The maximum atomic E-state index is 12.8. The number of rotatable bonds is 8. The lowest BCUT2D eigenvalue weighted by atomic mass is 9.97. The van der Waals surface area contributed by atoms with Gasteiger partial charge >= 0.3 is 0 Å². The highest BCUT2D eigenvalue weighted by molar-refractivity contribution is 6.50. The second-order valence-electron chi connectivity index (χ2n) is 8.84. The molecule has 2 aliphatic rings. The molecule has 1 aliphatic heterocycles. The maximum absolute atomic E-state index is 12.8. The summed E-state index contributed by atoms with van der Waals surface area (Å²) in [6.45, 7) is 1.18. The summed E-state index contributed by atoms with van der Waals surface area (Å²) < 4.78 is 5.44. The predicted molar refractivity (Wildman–Crippen MR) is 142 cm³/mol. The number of carbonyl (C=O) groups is 3. The van der Waals surface area contributed by atoms with Crippen LogP contribution in [0.4, 0.5) is 11.4 Å². The van der Waals surface area contributed by atoms with Crippen molar-refractivity contribution in [1.82, 2.24) is 10.5 Å². The average Bonchev–Trinajstić information content (AvgIpc) is 2.97. The lowest BCUT2D eigenvalue weighted by Gasteiger charge is -2.22. The SMILES string of the molecule is O=C(NOC1CCCCO1)c1ccc(CNc2ccc(NC3=C(Cl)C(=O)c4ncccc4C3=O)cc2)cc1. The standard InChI is InChI=1S/C28H25ClN4O5/c29-23-25(26(34)21-4-3-14-30-24(21)27(23)35)32-20-12-10-19(11-13-20)31-16-17-6-8-18(9-7-17)28(36)33-38-22-5-1-2-15-37-22/h3-4,6-14,22,31-32H,1-2,5,15-16H2,(H,33,36). The number of Topliss-reactive ketones (excluding diaryl/α,β-unsaturated/α-hetero) is 2. The van der Waals surface area contributed by atoms with Gasteiger partial charge in [0.05, 0.1) is 5.56 Å². The van der Waals surface area contributed by atoms with E-state index < -0.39 is 12.1 Å². The van der Waals surface area contributed by atoms with Crippen molar-refractivity contribution in [3.05, 3.63) is 100.0 Å². The number of amides is 1. The van der Waals surface area contributed by atoms with Crippen molar-refractivity contribution in [2.45, 2.75) is 32.1 Å². The van der Waals surface area contributed by atoms with Crippen molar-refractivity contribution in [3.63, 3.8) is 0 Å². The molecule has 2 heterocycles. The quantitative estimate of drug-likeness (QED) is 0.353. The fourth-order valence-electron chi connectivity index (χ4n) is 4.11. The average molecular weight is 533 g/mol. The number of carbonyl (C=O) groups excluding carboxylic acids is 3. The van der Waals surface area contributed by atoms with Gasteiger partial charge in [0, 0.05) is 42.7 Å². The molecule has 0 radical (unpaired) electrons. The van der Waals surface area contributed by atoms with E-state index in [9.17, 15) is 14.4 Å². The van der Waals surface area contributed by atoms with Crippen molar-refractivity contribution in [2.75, 3.05) is 17.2 Å². The zero-order chi connectivity index (χ0) is 26.5. The molecule has 1 saturated heterocycles. The molecule has 1 atom stereocenters. The third-order valence-electron chi connectivity index (χ3n) is 6.20. The number of nitrogens with one attached hydrogen (secondary N) is 3. The number of halogens is 1. The molecule has 0 saturated carbocycles. The molecule has 0 bridgehead atoms. The molecule has 38 heavy (non-hydrogen) atoms. The predicted octanol–water partition coefficient (Wildman–Crippen LogP) is 4.82. The van der Waals surface area contributed by atoms with Crippen LogP contribution in [-0.4, -0.2) is 35.4 Å². The number of benzene rings is 2. The molecule has 2 aromatic carbocycles. The lowest BCUT2D eigenvalue weighted by molar-refractivity contribution is -0.186. The van der Waals surface area contributed by atoms with Gasteiger partial charge < -0.3 is 15.4 Å². The van der Waals surface area contributed by atoms with Crippen LogP contribution in [0.25, 0.3) is 0 Å². The summed E-state index contributed by atoms with van der Waals surface area (Å²) >= 11 is 6.20. The number of aromatic nitrogens is 1. The normalized spacial score (nSPS) is 17.1. The molecular formula is C28H25ClN4O5. The van der Waals surface area contributed by atoms with E-state index in [1.807, 2.05) is 24.3 Å². The fourth-order valence-corrected chi connectivity index (χ4v) is 4.33. The Kier molecular flexibility index (Phi) is 7.78. The Bertz CT molecular complexity index is 1380. The Morgan fingerprint density at radius 2 is 1.76 bits per heavy atom. The molecule has 9 nitrogen and oxygen atoms in total. The van der Waals surface area contributed by atoms with Gasteiger partial charge in [-0.3, -0.25) is 19.4 Å². The van der Waals surface area contributed by atoms with Crippen molar-refractivity contribution in [3.8, 4) is 0 Å². The molecule has 0 spiro atoms. The van der Waals surface area contributed by atoms with Crippen LogP contribution in [-0.2, 0) is 16.1 Å². The van der Waals surface area contributed by atoms with E-state index in [0.717, 1.165) is 30.5 Å². The van der Waals surface area contributed by atoms with E-state index in [-0.39, 0.29) is 33.7 Å². The van der Waals surface area contributed by atoms with Gasteiger partial charge in [-0.05, 0) is 66.9 Å². The number of nitrogens with zero attached hydrogens (tertiary/aromatic N) is 1. The summed E-state index contributed by atoms with van der Waals surface area (Å²) in [6.07, 6.45) is 3.84. The monoisotopic (exact) mass is 532 g/mol. The van der Waals surface area contributed by atoms with Gasteiger partial charge in [-0.15, -0.1) is 0 Å². The van der Waals surface area contributed by atoms with Gasteiger partial charge in [0.25, 0.3) is 5.91 Å². The summed E-state index contributed by atoms with van der Waals surface area (Å²) in [5.41, 5.74) is 5.68. The molecule has 1 unspecified atom stereocenters. The van der Waals surface area contributed by atoms with Crippen LogP contribution in [0, 0.1) is 0 Å². The number of pyridine rings is 1. The minimum atomic E-state index is -0.489. The van der Waals surface area contributed by atoms with Crippen molar-refractivity contribution in [1.29, 1.82) is 0 Å². The van der Waals surface area contributed by atoms with Crippen LogP contribution in [0.1, 0.15) is 56.0 Å². The van der Waals surface area contributed by atoms with E-state index in [1.54, 1.807) is 36.4 Å². The number of ether oxygens (including phenoxy) is 1. The topological polar surface area (TPSA) is 119 Å². The summed E-state index contributed by atoms with van der Waals surface area (Å²) in [5, 5.41) is 6.09. The van der Waals surface area contributed by atoms with Gasteiger partial charge in [-0.2, -0.15) is 0 Å². The Labute approximate surface area is 224 Å². The van der Waals surface area contributed by atoms with Gasteiger partial charge in [0.1, 0.15) is 16.4 Å². The first-order valence-electron chi connectivity index (χ1n) is 12.2. The minimum Gasteiger partial charge on any atom is -0.381 e. The molecule has 194 valence electrons. The smallest absolute Gasteiger partial charge is 0.274 e. The third-order valence-corrected chi connectivity index (χ3v) is 6.56. The molecule has 1 aliphatic carbocycles. The van der Waals surface area contributed by atoms with Crippen LogP contribution in [0.3, 0.4) is 0 Å². The number of hydrogen-bond acceptors (Lipinski definition) is 8. The van der Waals surface area contributed by atoms with Gasteiger partial charge in [0.15, 0.2) is 6.29 Å². The number of fused-ring (bicyclic) bond motifs is 1. The Morgan fingerprint density at radius 3 is 2.50 bits per heavy atom. The third kappa shape index (κ3) is 5.75. The Morgan fingerprint density at radius 1 is 1.00 bits per heavy atom. The van der Waals surface area contributed by atoms with Gasteiger partial charge in [-0.25, -0.2) is 10.3 Å². The van der Waals surface area contributed by atoms with Crippen molar-refractivity contribution >= 4 is 40.4 Å². The zero-order valence-electron chi connectivity index (χ0n) is 20.3. The van der Waals surface area contributed by atoms with E-state index >= 15 is 0 Å². The molecule has 5 rings (SSSR count). The number of anilines is 2. The summed E-state index contributed by atoms with van der Waals surface area (Å²) in [4.78, 5) is 47.0. The van der Waals surface area contributed by atoms with Crippen molar-refractivity contribution < 1.29 is 24.0 Å². The lowest BCUT2D eigenvalue weighted by Crippen LogP contribution is -2.33. The van der Waals surface area contributed by atoms with E-state index in [1.165, 1.54) is 6.20 Å². The Balaban J connectivity index is 1.14.